The third-order valence-corrected chi connectivity index (χ3v) is 3.54. The number of furan rings is 1. The Hall–Kier alpha value is -2.05. The van der Waals surface area contributed by atoms with Crippen molar-refractivity contribution in [1.29, 1.82) is 0 Å². The van der Waals surface area contributed by atoms with Gasteiger partial charge in [0.2, 0.25) is 0 Å². The van der Waals surface area contributed by atoms with Crippen molar-refractivity contribution >= 4 is 17.5 Å². The highest BCUT2D eigenvalue weighted by molar-refractivity contribution is 6.32. The van der Waals surface area contributed by atoms with E-state index in [-0.39, 0.29) is 29.3 Å². The molecule has 0 aliphatic carbocycles. The van der Waals surface area contributed by atoms with Gasteiger partial charge in [-0.05, 0) is 44.4 Å². The lowest BCUT2D eigenvalue weighted by atomic mass is 10.2. The summed E-state index contributed by atoms with van der Waals surface area (Å²) >= 11 is 5.83. The van der Waals surface area contributed by atoms with E-state index in [4.69, 9.17) is 20.8 Å². The summed E-state index contributed by atoms with van der Waals surface area (Å²) in [4.78, 5) is 13.8. The number of likely N-dealkylation sites (N-methyl/N-ethyl adjacent to an activating group) is 1. The fraction of sp³-hybridized carbons (Fsp3) is 0.312. The first-order valence-corrected chi connectivity index (χ1v) is 7.39. The van der Waals surface area contributed by atoms with Crippen LogP contribution >= 0.6 is 11.6 Å². The molecule has 0 spiro atoms. The number of nitrogens with one attached hydrogen (secondary N) is 1. The highest BCUT2D eigenvalue weighted by atomic mass is 35.5. The minimum Gasteiger partial charge on any atom is -0.482 e. The molecule has 0 saturated heterocycles. The number of carbonyl (C=O) groups is 1. The van der Waals surface area contributed by atoms with Crippen LogP contribution in [0.1, 0.15) is 11.8 Å². The Balaban J connectivity index is 1.84. The Bertz CT molecular complexity index is 647. The summed E-state index contributed by atoms with van der Waals surface area (Å²) < 4.78 is 23.6. The average Bonchev–Trinajstić information content (AvgIpc) is 3.00. The molecule has 7 heteroatoms. The molecule has 1 unspecified atom stereocenters. The van der Waals surface area contributed by atoms with E-state index in [1.54, 1.807) is 12.3 Å². The zero-order chi connectivity index (χ0) is 16.8. The standard InChI is InChI=1S/C16H18ClFN2O3/c1-20(2)13(15-4-3-7-22-15)9-19-16(21)10-23-14-6-5-11(18)8-12(14)17/h3-8,13H,9-10H2,1-2H3,(H,19,21). The molecule has 0 aliphatic rings. The van der Waals surface area contributed by atoms with Crippen molar-refractivity contribution in [3.05, 3.63) is 53.2 Å². The zero-order valence-electron chi connectivity index (χ0n) is 12.9. The highest BCUT2D eigenvalue weighted by Crippen LogP contribution is 2.24. The number of amides is 1. The predicted molar refractivity (Wildman–Crippen MR) is 85.1 cm³/mol. The van der Waals surface area contributed by atoms with Gasteiger partial charge in [0.05, 0.1) is 17.3 Å². The number of halogens is 2. The van der Waals surface area contributed by atoms with Crippen molar-refractivity contribution in [1.82, 2.24) is 10.2 Å². The van der Waals surface area contributed by atoms with Crippen molar-refractivity contribution in [2.75, 3.05) is 27.2 Å². The Morgan fingerprint density at radius 3 is 2.83 bits per heavy atom. The van der Waals surface area contributed by atoms with Crippen LogP contribution in [0.25, 0.3) is 0 Å². The molecular weight excluding hydrogens is 323 g/mol. The molecule has 5 nitrogen and oxygen atoms in total. The molecule has 1 N–H and O–H groups in total. The number of nitrogens with zero attached hydrogens (tertiary/aromatic N) is 1. The average molecular weight is 341 g/mol. The smallest absolute Gasteiger partial charge is 0.258 e. The van der Waals surface area contributed by atoms with Gasteiger partial charge in [-0.15, -0.1) is 0 Å². The minimum absolute atomic E-state index is 0.0802. The summed E-state index contributed by atoms with van der Waals surface area (Å²) in [6.07, 6.45) is 1.59. The van der Waals surface area contributed by atoms with E-state index >= 15 is 0 Å². The number of hydrogen-bond acceptors (Lipinski definition) is 4. The molecule has 1 aromatic carbocycles. The van der Waals surface area contributed by atoms with Crippen LogP contribution < -0.4 is 10.1 Å². The summed E-state index contributed by atoms with van der Waals surface area (Å²) in [6, 6.07) is 7.31. The Kier molecular flexibility index (Phi) is 6.01. The van der Waals surface area contributed by atoms with Gasteiger partial charge >= 0.3 is 0 Å². The summed E-state index contributed by atoms with van der Waals surface area (Å²) in [5, 5.41) is 2.90. The molecule has 2 rings (SSSR count). The van der Waals surface area contributed by atoms with E-state index < -0.39 is 5.82 Å². The monoisotopic (exact) mass is 340 g/mol. The maximum absolute atomic E-state index is 12.9. The molecule has 2 aromatic rings. The largest absolute Gasteiger partial charge is 0.482 e. The van der Waals surface area contributed by atoms with Gasteiger partial charge in [-0.3, -0.25) is 9.69 Å². The van der Waals surface area contributed by atoms with Crippen LogP contribution in [-0.4, -0.2) is 38.1 Å². The number of rotatable bonds is 7. The van der Waals surface area contributed by atoms with Crippen molar-refractivity contribution in [2.45, 2.75) is 6.04 Å². The number of ether oxygens (including phenoxy) is 1. The first kappa shape index (κ1) is 17.3. The molecule has 0 aliphatic heterocycles. The van der Waals surface area contributed by atoms with Gasteiger partial charge in [0, 0.05) is 6.54 Å². The van der Waals surface area contributed by atoms with E-state index in [2.05, 4.69) is 5.32 Å². The Morgan fingerprint density at radius 1 is 1.43 bits per heavy atom. The van der Waals surface area contributed by atoms with Crippen LogP contribution in [0.4, 0.5) is 4.39 Å². The molecule has 0 radical (unpaired) electrons. The molecule has 1 amide bonds. The topological polar surface area (TPSA) is 54.7 Å². The van der Waals surface area contributed by atoms with E-state index in [1.807, 2.05) is 25.1 Å². The summed E-state index contributed by atoms with van der Waals surface area (Å²) in [7, 11) is 3.79. The van der Waals surface area contributed by atoms with Crippen LogP contribution in [0, 0.1) is 5.82 Å². The Labute approximate surface area is 139 Å². The van der Waals surface area contributed by atoms with Gasteiger partial charge in [0.1, 0.15) is 17.3 Å². The van der Waals surface area contributed by atoms with Crippen LogP contribution in [0.3, 0.4) is 0 Å². The predicted octanol–water partition coefficient (Wildman–Crippen LogP) is 2.87. The van der Waals surface area contributed by atoms with Gasteiger partial charge < -0.3 is 14.5 Å². The molecule has 124 valence electrons. The van der Waals surface area contributed by atoms with Crippen LogP contribution in [0.2, 0.25) is 5.02 Å². The third-order valence-electron chi connectivity index (χ3n) is 3.24. The summed E-state index contributed by atoms with van der Waals surface area (Å²) in [6.45, 7) is 0.170. The first-order valence-electron chi connectivity index (χ1n) is 7.01. The second kappa shape index (κ2) is 7.99. The SMILES string of the molecule is CN(C)C(CNC(=O)COc1ccc(F)cc1Cl)c1ccco1. The summed E-state index contributed by atoms with van der Waals surface area (Å²) in [5.41, 5.74) is 0. The van der Waals surface area contributed by atoms with Gasteiger partial charge in [0.15, 0.2) is 6.61 Å². The molecule has 1 heterocycles. The lowest BCUT2D eigenvalue weighted by molar-refractivity contribution is -0.123. The van der Waals surface area contributed by atoms with E-state index in [0.717, 1.165) is 11.8 Å². The van der Waals surface area contributed by atoms with E-state index in [9.17, 15) is 9.18 Å². The number of benzene rings is 1. The van der Waals surface area contributed by atoms with E-state index in [0.29, 0.717) is 6.54 Å². The van der Waals surface area contributed by atoms with Gasteiger partial charge in [-0.2, -0.15) is 0 Å². The third kappa shape index (κ3) is 4.97. The van der Waals surface area contributed by atoms with Crippen molar-refractivity contribution in [3.8, 4) is 5.75 Å². The molecule has 0 saturated carbocycles. The molecule has 23 heavy (non-hydrogen) atoms. The van der Waals surface area contributed by atoms with Crippen molar-refractivity contribution in [2.24, 2.45) is 0 Å². The minimum atomic E-state index is -0.459. The second-order valence-electron chi connectivity index (χ2n) is 5.16. The summed E-state index contributed by atoms with van der Waals surface area (Å²) in [5.74, 6) is 0.263. The lowest BCUT2D eigenvalue weighted by Gasteiger charge is -2.22. The van der Waals surface area contributed by atoms with Gasteiger partial charge in [-0.25, -0.2) is 4.39 Å². The lowest BCUT2D eigenvalue weighted by Crippen LogP contribution is -2.36. The number of hydrogen-bond donors (Lipinski definition) is 1. The highest BCUT2D eigenvalue weighted by Gasteiger charge is 2.18. The molecule has 0 bridgehead atoms. The van der Waals surface area contributed by atoms with Crippen LogP contribution in [-0.2, 0) is 4.79 Å². The normalized spacial score (nSPS) is 12.2. The molecule has 1 atom stereocenters. The van der Waals surface area contributed by atoms with Crippen LogP contribution in [0.15, 0.2) is 41.0 Å². The molecular formula is C16H18ClFN2O3. The van der Waals surface area contributed by atoms with Crippen molar-refractivity contribution < 1.29 is 18.3 Å². The van der Waals surface area contributed by atoms with Crippen LogP contribution in [0.5, 0.6) is 5.75 Å². The van der Waals surface area contributed by atoms with E-state index in [1.165, 1.54) is 12.1 Å². The second-order valence-corrected chi connectivity index (χ2v) is 5.57. The maximum atomic E-state index is 12.9. The molecule has 0 fully saturated rings. The van der Waals surface area contributed by atoms with Crippen molar-refractivity contribution in [3.63, 3.8) is 0 Å². The maximum Gasteiger partial charge on any atom is 0.258 e. The van der Waals surface area contributed by atoms with Gasteiger partial charge in [-0.1, -0.05) is 11.6 Å². The quantitative estimate of drug-likeness (QED) is 0.842. The van der Waals surface area contributed by atoms with Gasteiger partial charge in [0.25, 0.3) is 5.91 Å². The fourth-order valence-corrected chi connectivity index (χ4v) is 2.24. The zero-order valence-corrected chi connectivity index (χ0v) is 13.6. The Morgan fingerprint density at radius 2 is 2.22 bits per heavy atom. The first-order chi connectivity index (χ1) is 11.0. The number of carbonyl (C=O) groups excluding carboxylic acids is 1. The molecule has 1 aromatic heterocycles. The fourth-order valence-electron chi connectivity index (χ4n) is 2.02.